The molecule has 1 aliphatic rings. The first-order valence-electron chi connectivity index (χ1n) is 6.96. The maximum absolute atomic E-state index is 11.8. The molecule has 0 saturated carbocycles. The lowest BCUT2D eigenvalue weighted by atomic mass is 10.00. The van der Waals surface area contributed by atoms with E-state index >= 15 is 0 Å². The lowest BCUT2D eigenvalue weighted by Gasteiger charge is -2.25. The molecule has 6 heteroatoms. The third kappa shape index (κ3) is 3.12. The molecule has 0 aromatic carbocycles. The van der Waals surface area contributed by atoms with Gasteiger partial charge in [0.2, 0.25) is 5.88 Å². The molecule has 20 heavy (non-hydrogen) atoms. The molecule has 0 bridgehead atoms. The Kier molecular flexibility index (Phi) is 4.65. The summed E-state index contributed by atoms with van der Waals surface area (Å²) in [5, 5.41) is 3.85. The molecule has 0 aliphatic carbocycles. The van der Waals surface area contributed by atoms with E-state index in [9.17, 15) is 4.79 Å². The van der Waals surface area contributed by atoms with Crippen molar-refractivity contribution in [1.29, 1.82) is 0 Å². The summed E-state index contributed by atoms with van der Waals surface area (Å²) in [5.74, 6) is 0.340. The summed E-state index contributed by atoms with van der Waals surface area (Å²) in [4.78, 5) is 13.5. The fourth-order valence-electron chi connectivity index (χ4n) is 2.23. The fraction of sp³-hybridized carbons (Fsp3) is 0.571. The highest BCUT2D eigenvalue weighted by Crippen LogP contribution is 2.29. The summed E-state index contributed by atoms with van der Waals surface area (Å²) in [6.07, 6.45) is 4.39. The van der Waals surface area contributed by atoms with Crippen LogP contribution in [0.2, 0.25) is 0 Å². The van der Waals surface area contributed by atoms with Crippen molar-refractivity contribution in [3.63, 3.8) is 0 Å². The van der Waals surface area contributed by atoms with E-state index in [4.69, 9.17) is 15.0 Å². The third-order valence-electron chi connectivity index (χ3n) is 3.40. The number of aryl methyl sites for hydroxylation is 1. The van der Waals surface area contributed by atoms with Gasteiger partial charge in [-0.25, -0.2) is 4.79 Å². The average molecular weight is 279 g/mol. The van der Waals surface area contributed by atoms with Crippen LogP contribution in [-0.2, 0) is 4.74 Å². The summed E-state index contributed by atoms with van der Waals surface area (Å²) in [6.45, 7) is 5.57. The lowest BCUT2D eigenvalue weighted by Crippen LogP contribution is -2.35. The van der Waals surface area contributed by atoms with Crippen molar-refractivity contribution in [3.05, 3.63) is 17.3 Å². The van der Waals surface area contributed by atoms with Gasteiger partial charge < -0.3 is 19.9 Å². The van der Waals surface area contributed by atoms with Crippen LogP contribution in [0.4, 0.5) is 10.7 Å². The van der Waals surface area contributed by atoms with E-state index in [1.165, 1.54) is 0 Å². The van der Waals surface area contributed by atoms with Gasteiger partial charge in [0.1, 0.15) is 0 Å². The number of carbonyl (C=O) groups is 1. The van der Waals surface area contributed by atoms with Crippen LogP contribution in [0.25, 0.3) is 5.57 Å². The Labute approximate surface area is 118 Å². The van der Waals surface area contributed by atoms with Crippen molar-refractivity contribution in [2.45, 2.75) is 33.1 Å². The standard InChI is InChI=1S/C14H21N3O3/c1-3-4-9-19-14(18)17-7-5-11(6-8-17)12-10(2)16-20-13(12)15/h5H,3-4,6-9,15H2,1-2H3. The van der Waals surface area contributed by atoms with Gasteiger partial charge in [0.25, 0.3) is 0 Å². The van der Waals surface area contributed by atoms with E-state index in [0.717, 1.165) is 36.1 Å². The number of nitrogens with zero attached hydrogens (tertiary/aromatic N) is 2. The van der Waals surface area contributed by atoms with Crippen LogP contribution < -0.4 is 5.73 Å². The van der Waals surface area contributed by atoms with Crippen molar-refractivity contribution in [2.75, 3.05) is 25.4 Å². The molecule has 0 radical (unpaired) electrons. The number of ether oxygens (including phenoxy) is 1. The molecule has 6 nitrogen and oxygen atoms in total. The quantitative estimate of drug-likeness (QED) is 0.857. The minimum Gasteiger partial charge on any atom is -0.449 e. The topological polar surface area (TPSA) is 81.6 Å². The molecule has 0 saturated heterocycles. The number of aromatic nitrogens is 1. The Morgan fingerprint density at radius 1 is 1.60 bits per heavy atom. The molecule has 110 valence electrons. The lowest BCUT2D eigenvalue weighted by molar-refractivity contribution is 0.105. The van der Waals surface area contributed by atoms with Gasteiger partial charge in [0.05, 0.1) is 17.9 Å². The molecule has 0 fully saturated rings. The van der Waals surface area contributed by atoms with Crippen molar-refractivity contribution in [3.8, 4) is 0 Å². The van der Waals surface area contributed by atoms with Gasteiger partial charge in [-0.1, -0.05) is 24.6 Å². The maximum atomic E-state index is 11.8. The number of rotatable bonds is 4. The fourth-order valence-corrected chi connectivity index (χ4v) is 2.23. The van der Waals surface area contributed by atoms with E-state index < -0.39 is 0 Å². The second-order valence-electron chi connectivity index (χ2n) is 4.90. The second kappa shape index (κ2) is 6.45. The number of hydrogen-bond acceptors (Lipinski definition) is 5. The Hall–Kier alpha value is -1.98. The van der Waals surface area contributed by atoms with Crippen LogP contribution >= 0.6 is 0 Å². The molecule has 0 unspecified atom stereocenters. The van der Waals surface area contributed by atoms with Crippen molar-refractivity contribution >= 4 is 17.6 Å². The zero-order chi connectivity index (χ0) is 14.5. The van der Waals surface area contributed by atoms with Crippen molar-refractivity contribution < 1.29 is 14.1 Å². The van der Waals surface area contributed by atoms with E-state index in [-0.39, 0.29) is 6.09 Å². The van der Waals surface area contributed by atoms with Gasteiger partial charge in [-0.15, -0.1) is 0 Å². The minimum atomic E-state index is -0.247. The first-order chi connectivity index (χ1) is 9.63. The number of hydrogen-bond donors (Lipinski definition) is 1. The molecule has 1 aliphatic heterocycles. The summed E-state index contributed by atoms with van der Waals surface area (Å²) in [5.41, 5.74) is 8.50. The highest BCUT2D eigenvalue weighted by molar-refractivity contribution is 5.76. The Morgan fingerprint density at radius 3 is 2.95 bits per heavy atom. The molecule has 1 aromatic rings. The first-order valence-corrected chi connectivity index (χ1v) is 6.96. The average Bonchev–Trinajstić information content (AvgIpc) is 2.78. The monoisotopic (exact) mass is 279 g/mol. The van der Waals surface area contributed by atoms with Gasteiger partial charge in [0.15, 0.2) is 0 Å². The highest BCUT2D eigenvalue weighted by Gasteiger charge is 2.22. The zero-order valence-corrected chi connectivity index (χ0v) is 12.0. The molecular formula is C14H21N3O3. The zero-order valence-electron chi connectivity index (χ0n) is 12.0. The summed E-state index contributed by atoms with van der Waals surface area (Å²) >= 11 is 0. The van der Waals surface area contributed by atoms with Gasteiger partial charge in [0, 0.05) is 13.1 Å². The minimum absolute atomic E-state index is 0.247. The Balaban J connectivity index is 1.95. The van der Waals surface area contributed by atoms with Crippen LogP contribution in [0.1, 0.15) is 37.4 Å². The summed E-state index contributed by atoms with van der Waals surface area (Å²) in [6, 6.07) is 0. The van der Waals surface area contributed by atoms with Gasteiger partial charge in [-0.05, 0) is 25.3 Å². The molecule has 1 aromatic heterocycles. The molecule has 2 heterocycles. The number of nitrogen functional groups attached to an aromatic ring is 1. The number of nitrogens with two attached hydrogens (primary N) is 1. The SMILES string of the molecule is CCCCOC(=O)N1CC=C(c2c(C)noc2N)CC1. The normalized spacial score (nSPS) is 15.1. The molecular weight excluding hydrogens is 258 g/mol. The molecule has 2 rings (SSSR count). The number of unbranched alkanes of at least 4 members (excludes halogenated alkanes) is 1. The molecule has 1 amide bonds. The van der Waals surface area contributed by atoms with Crippen LogP contribution in [-0.4, -0.2) is 35.8 Å². The van der Waals surface area contributed by atoms with Crippen LogP contribution in [0, 0.1) is 6.92 Å². The van der Waals surface area contributed by atoms with Gasteiger partial charge in [-0.3, -0.25) is 0 Å². The Morgan fingerprint density at radius 2 is 2.40 bits per heavy atom. The summed E-state index contributed by atoms with van der Waals surface area (Å²) in [7, 11) is 0. The molecule has 0 atom stereocenters. The summed E-state index contributed by atoms with van der Waals surface area (Å²) < 4.78 is 10.2. The van der Waals surface area contributed by atoms with Crippen molar-refractivity contribution in [1.82, 2.24) is 10.1 Å². The largest absolute Gasteiger partial charge is 0.449 e. The smallest absolute Gasteiger partial charge is 0.410 e. The van der Waals surface area contributed by atoms with E-state index in [0.29, 0.717) is 25.6 Å². The highest BCUT2D eigenvalue weighted by atomic mass is 16.6. The first kappa shape index (κ1) is 14.4. The van der Waals surface area contributed by atoms with Gasteiger partial charge in [-0.2, -0.15) is 0 Å². The second-order valence-corrected chi connectivity index (χ2v) is 4.90. The van der Waals surface area contributed by atoms with E-state index in [2.05, 4.69) is 12.1 Å². The number of carbonyl (C=O) groups excluding carboxylic acids is 1. The number of anilines is 1. The predicted octanol–water partition coefficient (Wildman–Crippen LogP) is 2.59. The van der Waals surface area contributed by atoms with Crippen molar-refractivity contribution in [2.24, 2.45) is 0 Å². The number of amides is 1. The van der Waals surface area contributed by atoms with Crippen LogP contribution in [0.15, 0.2) is 10.6 Å². The maximum Gasteiger partial charge on any atom is 0.410 e. The third-order valence-corrected chi connectivity index (χ3v) is 3.40. The Bertz CT molecular complexity index is 488. The molecule has 0 spiro atoms. The van der Waals surface area contributed by atoms with Crippen LogP contribution in [0.3, 0.4) is 0 Å². The van der Waals surface area contributed by atoms with Crippen LogP contribution in [0.5, 0.6) is 0 Å². The van der Waals surface area contributed by atoms with Gasteiger partial charge >= 0.3 is 6.09 Å². The molecule has 2 N–H and O–H groups in total. The van der Waals surface area contributed by atoms with E-state index in [1.54, 1.807) is 4.90 Å². The van der Waals surface area contributed by atoms with E-state index in [1.807, 2.05) is 13.0 Å². The predicted molar refractivity (Wildman–Crippen MR) is 76.1 cm³/mol.